The number of hydrogen-bond donors (Lipinski definition) is 1. The smallest absolute Gasteiger partial charge is 0.364 e. The second-order valence-corrected chi connectivity index (χ2v) is 8.20. The number of fused-ring (bicyclic) bond motifs is 2. The minimum absolute atomic E-state index is 0.00858. The zero-order valence-corrected chi connectivity index (χ0v) is 17.6. The summed E-state index contributed by atoms with van der Waals surface area (Å²) in [5.74, 6) is 0.478. The summed E-state index contributed by atoms with van der Waals surface area (Å²) in [7, 11) is 0. The van der Waals surface area contributed by atoms with Crippen LogP contribution < -0.4 is 5.32 Å². The van der Waals surface area contributed by atoms with Crippen molar-refractivity contribution in [2.45, 2.75) is 50.5 Å². The van der Waals surface area contributed by atoms with Crippen LogP contribution in [0.3, 0.4) is 0 Å². The van der Waals surface area contributed by atoms with E-state index in [2.05, 4.69) is 30.2 Å². The molecule has 33 heavy (non-hydrogen) atoms. The molecule has 2 aliphatic rings. The molecule has 2 saturated heterocycles. The summed E-state index contributed by atoms with van der Waals surface area (Å²) in [6, 6.07) is 5.06. The van der Waals surface area contributed by atoms with Crippen molar-refractivity contribution in [2.24, 2.45) is 0 Å². The van der Waals surface area contributed by atoms with Crippen LogP contribution in [0, 0.1) is 6.92 Å². The van der Waals surface area contributed by atoms with E-state index >= 15 is 0 Å². The molecular formula is C22H20F3N7O. The van der Waals surface area contributed by atoms with E-state index in [1.807, 2.05) is 17.9 Å². The van der Waals surface area contributed by atoms with Crippen LogP contribution in [0.4, 0.5) is 19.0 Å². The van der Waals surface area contributed by atoms with Gasteiger partial charge in [-0.05, 0) is 44.4 Å². The van der Waals surface area contributed by atoms with Crippen molar-refractivity contribution in [2.75, 3.05) is 5.32 Å². The van der Waals surface area contributed by atoms with Crippen LogP contribution >= 0.6 is 0 Å². The average Bonchev–Trinajstić information content (AvgIpc) is 3.36. The standard InChI is InChI=1S/C22H20F3N7O/c1-12-3-5-14(20-26-7-2-8-27-20)19(30-12)21(33)32-13-4-6-16(32)15(9-13)31-18-11-28-17(10-29-18)22(23,24)25/h2-3,5,7-8,10-11,13,15-16H,4,6,9H2,1H3,(H,29,31)/t13-,15-,16+/m1/s1. The molecule has 0 aliphatic carbocycles. The molecule has 0 spiro atoms. The molecule has 1 amide bonds. The highest BCUT2D eigenvalue weighted by Gasteiger charge is 2.49. The van der Waals surface area contributed by atoms with Gasteiger partial charge in [0.05, 0.1) is 30.0 Å². The molecular weight excluding hydrogens is 435 g/mol. The number of amides is 1. The van der Waals surface area contributed by atoms with Gasteiger partial charge in [0.1, 0.15) is 11.5 Å². The molecule has 3 aromatic heterocycles. The Bertz CT molecular complexity index is 1170. The van der Waals surface area contributed by atoms with E-state index in [9.17, 15) is 18.0 Å². The van der Waals surface area contributed by atoms with E-state index < -0.39 is 11.9 Å². The van der Waals surface area contributed by atoms with Crippen molar-refractivity contribution >= 4 is 11.7 Å². The zero-order valence-electron chi connectivity index (χ0n) is 17.6. The summed E-state index contributed by atoms with van der Waals surface area (Å²) in [6.45, 7) is 1.82. The Hall–Kier alpha value is -3.63. The van der Waals surface area contributed by atoms with Crippen LogP contribution in [0.2, 0.25) is 0 Å². The maximum atomic E-state index is 13.6. The zero-order chi connectivity index (χ0) is 23.2. The summed E-state index contributed by atoms with van der Waals surface area (Å²) < 4.78 is 38.2. The Labute approximate surface area is 187 Å². The Morgan fingerprint density at radius 3 is 2.58 bits per heavy atom. The van der Waals surface area contributed by atoms with E-state index in [0.29, 0.717) is 35.4 Å². The molecule has 3 atom stereocenters. The molecule has 8 nitrogen and oxygen atoms in total. The van der Waals surface area contributed by atoms with Crippen LogP contribution in [0.25, 0.3) is 11.4 Å². The number of aryl methyl sites for hydroxylation is 1. The van der Waals surface area contributed by atoms with Crippen LogP contribution in [0.5, 0.6) is 0 Å². The van der Waals surface area contributed by atoms with Gasteiger partial charge >= 0.3 is 6.18 Å². The van der Waals surface area contributed by atoms with Crippen molar-refractivity contribution in [3.05, 3.63) is 60.1 Å². The van der Waals surface area contributed by atoms with E-state index in [1.54, 1.807) is 24.5 Å². The number of carbonyl (C=O) groups excluding carboxylic acids is 1. The first-order chi connectivity index (χ1) is 15.8. The van der Waals surface area contributed by atoms with Crippen molar-refractivity contribution < 1.29 is 18.0 Å². The van der Waals surface area contributed by atoms with Crippen molar-refractivity contribution in [3.63, 3.8) is 0 Å². The lowest BCUT2D eigenvalue weighted by Gasteiger charge is -2.25. The van der Waals surface area contributed by atoms with Crippen LogP contribution in [0.1, 0.15) is 41.1 Å². The van der Waals surface area contributed by atoms with Gasteiger partial charge in [-0.25, -0.2) is 24.9 Å². The molecule has 3 aromatic rings. The molecule has 0 unspecified atom stereocenters. The highest BCUT2D eigenvalue weighted by atomic mass is 19.4. The van der Waals surface area contributed by atoms with Gasteiger partial charge in [0.15, 0.2) is 11.5 Å². The second-order valence-electron chi connectivity index (χ2n) is 8.20. The van der Waals surface area contributed by atoms with Crippen molar-refractivity contribution in [3.8, 4) is 11.4 Å². The van der Waals surface area contributed by atoms with Crippen molar-refractivity contribution in [1.82, 2.24) is 29.8 Å². The van der Waals surface area contributed by atoms with Crippen LogP contribution in [-0.4, -0.2) is 53.9 Å². The number of aromatic nitrogens is 5. The first-order valence-electron chi connectivity index (χ1n) is 10.5. The summed E-state index contributed by atoms with van der Waals surface area (Å²) in [4.78, 5) is 35.8. The number of pyridine rings is 1. The second kappa shape index (κ2) is 8.05. The predicted octanol–water partition coefficient (Wildman–Crippen LogP) is 3.51. The number of hydrogen-bond acceptors (Lipinski definition) is 7. The summed E-state index contributed by atoms with van der Waals surface area (Å²) >= 11 is 0. The molecule has 0 aromatic carbocycles. The van der Waals surface area contributed by atoms with Gasteiger partial charge in [0.25, 0.3) is 5.91 Å². The monoisotopic (exact) mass is 455 g/mol. The van der Waals surface area contributed by atoms with Crippen molar-refractivity contribution in [1.29, 1.82) is 0 Å². The predicted molar refractivity (Wildman–Crippen MR) is 112 cm³/mol. The highest BCUT2D eigenvalue weighted by molar-refractivity contribution is 5.99. The van der Waals surface area contributed by atoms with E-state index in [1.165, 1.54) is 0 Å². The number of nitrogens with one attached hydrogen (secondary N) is 1. The normalized spacial score (nSPS) is 21.9. The number of carbonyl (C=O) groups is 1. The Kier molecular flexibility index (Phi) is 5.18. The minimum atomic E-state index is -4.54. The third-order valence-electron chi connectivity index (χ3n) is 6.09. The topological polar surface area (TPSA) is 96.8 Å². The van der Waals surface area contributed by atoms with Gasteiger partial charge < -0.3 is 10.2 Å². The Morgan fingerprint density at radius 2 is 1.88 bits per heavy atom. The first-order valence-corrected chi connectivity index (χ1v) is 10.5. The first kappa shape index (κ1) is 21.2. The summed E-state index contributed by atoms with van der Waals surface area (Å²) in [6.07, 6.45) is 2.78. The number of alkyl halides is 3. The fourth-order valence-electron chi connectivity index (χ4n) is 4.66. The summed E-state index contributed by atoms with van der Waals surface area (Å²) in [5, 5.41) is 3.16. The summed E-state index contributed by atoms with van der Waals surface area (Å²) in [5.41, 5.74) is 0.530. The molecule has 2 aliphatic heterocycles. The molecule has 0 saturated carbocycles. The van der Waals surface area contributed by atoms with Crippen LogP contribution in [-0.2, 0) is 6.18 Å². The van der Waals surface area contributed by atoms with Crippen LogP contribution in [0.15, 0.2) is 43.0 Å². The molecule has 11 heteroatoms. The van der Waals surface area contributed by atoms with Gasteiger partial charge in [-0.3, -0.25) is 4.79 Å². The lowest BCUT2D eigenvalue weighted by Crippen LogP contribution is -2.40. The van der Waals surface area contributed by atoms with E-state index in [-0.39, 0.29) is 29.9 Å². The van der Waals surface area contributed by atoms with Gasteiger partial charge in [-0.1, -0.05) is 0 Å². The number of nitrogens with zero attached hydrogens (tertiary/aromatic N) is 6. The fraction of sp³-hybridized carbons (Fsp3) is 0.364. The van der Waals surface area contributed by atoms with Gasteiger partial charge in [0.2, 0.25) is 0 Å². The SMILES string of the molecule is Cc1ccc(-c2ncccn2)c(C(=O)N2[C@@H]3CC[C@H]2[C@H](Nc2cnc(C(F)(F)F)cn2)C3)n1. The Balaban J connectivity index is 1.39. The minimum Gasteiger partial charge on any atom is -0.364 e. The fourth-order valence-corrected chi connectivity index (χ4v) is 4.66. The number of halogens is 3. The molecule has 5 heterocycles. The molecule has 5 rings (SSSR count). The van der Waals surface area contributed by atoms with Gasteiger partial charge in [0, 0.05) is 24.1 Å². The molecule has 170 valence electrons. The third kappa shape index (κ3) is 3.98. The third-order valence-corrected chi connectivity index (χ3v) is 6.09. The molecule has 2 fully saturated rings. The maximum absolute atomic E-state index is 13.6. The lowest BCUT2D eigenvalue weighted by molar-refractivity contribution is -0.141. The molecule has 0 radical (unpaired) electrons. The quantitative estimate of drug-likeness (QED) is 0.643. The number of rotatable bonds is 4. The van der Waals surface area contributed by atoms with Gasteiger partial charge in [-0.15, -0.1) is 0 Å². The molecule has 2 bridgehead atoms. The van der Waals surface area contributed by atoms with Gasteiger partial charge in [-0.2, -0.15) is 13.2 Å². The average molecular weight is 455 g/mol. The molecule has 1 N–H and O–H groups in total. The Morgan fingerprint density at radius 1 is 1.09 bits per heavy atom. The van der Waals surface area contributed by atoms with E-state index in [4.69, 9.17) is 0 Å². The maximum Gasteiger partial charge on any atom is 0.434 e. The van der Waals surface area contributed by atoms with E-state index in [0.717, 1.165) is 19.0 Å². The highest BCUT2D eigenvalue weighted by Crippen LogP contribution is 2.40. The largest absolute Gasteiger partial charge is 0.434 e. The lowest BCUT2D eigenvalue weighted by atomic mass is 9.95. The number of anilines is 1.